The maximum atomic E-state index is 13.5. The van der Waals surface area contributed by atoms with E-state index in [2.05, 4.69) is 10.1 Å². The largest absolute Gasteiger partial charge is 0.497 e. The molecule has 0 atom stereocenters. The Bertz CT molecular complexity index is 1490. The van der Waals surface area contributed by atoms with Crippen LogP contribution >= 0.6 is 11.3 Å². The lowest BCUT2D eigenvalue weighted by molar-refractivity contribution is 0.0987. The average Bonchev–Trinajstić information content (AvgIpc) is 3.27. The Kier molecular flexibility index (Phi) is 6.97. The zero-order valence-electron chi connectivity index (χ0n) is 19.7. The third-order valence-corrected chi connectivity index (χ3v) is 8.05. The van der Waals surface area contributed by atoms with Crippen LogP contribution in [0.15, 0.2) is 76.7 Å². The normalized spacial score (nSPS) is 11.9. The molecule has 0 unspecified atom stereocenters. The quantitative estimate of drug-likeness (QED) is 0.270. The van der Waals surface area contributed by atoms with Gasteiger partial charge in [-0.25, -0.2) is 17.7 Å². The highest BCUT2D eigenvalue weighted by atomic mass is 32.2. The lowest BCUT2D eigenvalue weighted by Gasteiger charge is -2.15. The lowest BCUT2D eigenvalue weighted by Crippen LogP contribution is -2.26. The van der Waals surface area contributed by atoms with Crippen LogP contribution in [-0.4, -0.2) is 51.0 Å². The van der Waals surface area contributed by atoms with Crippen LogP contribution in [0.4, 0.5) is 5.13 Å². The van der Waals surface area contributed by atoms with Crippen molar-refractivity contribution in [2.45, 2.75) is 11.8 Å². The highest BCUT2D eigenvalue weighted by Gasteiger charge is 2.23. The molecule has 0 aliphatic carbocycles. The summed E-state index contributed by atoms with van der Waals surface area (Å²) < 4.78 is 32.0. The molecule has 4 aromatic rings. The first-order valence-electron chi connectivity index (χ1n) is 10.6. The van der Waals surface area contributed by atoms with Gasteiger partial charge in [0.05, 0.1) is 28.4 Å². The van der Waals surface area contributed by atoms with Crippen LogP contribution < -0.4 is 9.75 Å². The average molecular weight is 509 g/mol. The number of aryl methyl sites for hydroxylation is 1. The van der Waals surface area contributed by atoms with Gasteiger partial charge in [0, 0.05) is 19.7 Å². The number of anilines is 1. The number of methoxy groups -OCH3 is 1. The van der Waals surface area contributed by atoms with Crippen LogP contribution in [0.1, 0.15) is 21.5 Å². The molecule has 180 valence electrons. The molecule has 0 aliphatic rings. The summed E-state index contributed by atoms with van der Waals surface area (Å²) in [5.41, 5.74) is 2.91. The summed E-state index contributed by atoms with van der Waals surface area (Å²) in [5, 5.41) is 6.10. The minimum atomic E-state index is -3.61. The van der Waals surface area contributed by atoms with Crippen molar-refractivity contribution in [3.63, 3.8) is 0 Å². The number of carbonyl (C=O) groups excluding carboxylic acids is 1. The summed E-state index contributed by atoms with van der Waals surface area (Å²) in [5.74, 6) is 0.281. The second-order valence-corrected chi connectivity index (χ2v) is 11.1. The third kappa shape index (κ3) is 5.24. The Morgan fingerprint density at radius 3 is 2.34 bits per heavy atom. The minimum Gasteiger partial charge on any atom is -0.497 e. The minimum absolute atomic E-state index is 0.0998. The molecule has 8 nitrogen and oxygen atoms in total. The summed E-state index contributed by atoms with van der Waals surface area (Å²) in [4.78, 5) is 18.2. The van der Waals surface area contributed by atoms with E-state index in [1.807, 2.05) is 37.3 Å². The van der Waals surface area contributed by atoms with Gasteiger partial charge >= 0.3 is 0 Å². The molecule has 4 rings (SSSR count). The van der Waals surface area contributed by atoms with Crippen molar-refractivity contribution in [1.29, 1.82) is 0 Å². The van der Waals surface area contributed by atoms with Crippen LogP contribution in [0.25, 0.3) is 10.2 Å². The second kappa shape index (κ2) is 9.95. The van der Waals surface area contributed by atoms with Crippen LogP contribution in [0, 0.1) is 6.92 Å². The molecule has 10 heteroatoms. The van der Waals surface area contributed by atoms with Crippen molar-refractivity contribution in [2.75, 3.05) is 26.2 Å². The van der Waals surface area contributed by atoms with Gasteiger partial charge in [0.15, 0.2) is 0 Å². The number of sulfonamides is 1. The number of hydrogen-bond donors (Lipinski definition) is 0. The molecule has 0 spiro atoms. The number of carbonyl (C=O) groups is 1. The van der Waals surface area contributed by atoms with E-state index in [4.69, 9.17) is 4.74 Å². The maximum absolute atomic E-state index is 13.5. The molecule has 1 aromatic heterocycles. The van der Waals surface area contributed by atoms with Gasteiger partial charge in [0.25, 0.3) is 5.91 Å². The number of hydrazone groups is 1. The van der Waals surface area contributed by atoms with Crippen molar-refractivity contribution in [3.05, 3.63) is 83.4 Å². The standard InChI is InChI=1S/C25H24N4O4S2/c1-17-5-14-22-23(15-17)34-25(27-22)29(26-16-18-6-10-20(33-4)11-7-18)24(30)19-8-12-21(13-9-19)35(31,32)28(2)3/h5-16H,1-4H3/b26-16+. The summed E-state index contributed by atoms with van der Waals surface area (Å²) in [6.45, 7) is 1.99. The molecule has 0 aliphatic heterocycles. The van der Waals surface area contributed by atoms with Crippen molar-refractivity contribution < 1.29 is 17.9 Å². The summed E-state index contributed by atoms with van der Waals surface area (Å²) >= 11 is 1.35. The molecule has 0 saturated carbocycles. The molecule has 1 amide bonds. The number of nitrogens with zero attached hydrogens (tertiary/aromatic N) is 4. The van der Waals surface area contributed by atoms with Crippen molar-refractivity contribution in [3.8, 4) is 5.75 Å². The van der Waals surface area contributed by atoms with E-state index in [1.165, 1.54) is 54.7 Å². The lowest BCUT2D eigenvalue weighted by atomic mass is 10.2. The summed E-state index contributed by atoms with van der Waals surface area (Å²) in [6.07, 6.45) is 1.57. The Balaban J connectivity index is 1.72. The smallest absolute Gasteiger partial charge is 0.280 e. The van der Waals surface area contributed by atoms with Crippen molar-refractivity contribution >= 4 is 48.8 Å². The molecule has 1 heterocycles. The number of fused-ring (bicyclic) bond motifs is 1. The predicted octanol–water partition coefficient (Wildman–Crippen LogP) is 4.54. The van der Waals surface area contributed by atoms with Gasteiger partial charge in [-0.3, -0.25) is 4.79 Å². The molecule has 0 radical (unpaired) electrons. The molecule has 0 fully saturated rings. The summed E-state index contributed by atoms with van der Waals surface area (Å²) in [7, 11) is 0.898. The van der Waals surface area contributed by atoms with Gasteiger partial charge in [-0.15, -0.1) is 0 Å². The fraction of sp³-hybridized carbons (Fsp3) is 0.160. The summed E-state index contributed by atoms with van der Waals surface area (Å²) in [6, 6.07) is 18.9. The zero-order chi connectivity index (χ0) is 25.2. The number of thiazole rings is 1. The number of hydrogen-bond acceptors (Lipinski definition) is 7. The van der Waals surface area contributed by atoms with E-state index < -0.39 is 15.9 Å². The molecular formula is C25H24N4O4S2. The van der Waals surface area contributed by atoms with E-state index in [0.717, 1.165) is 25.6 Å². The third-order valence-electron chi connectivity index (χ3n) is 5.22. The fourth-order valence-corrected chi connectivity index (χ4v) is 5.14. The van der Waals surface area contributed by atoms with Crippen LogP contribution in [0.2, 0.25) is 0 Å². The first-order valence-corrected chi connectivity index (χ1v) is 12.9. The van der Waals surface area contributed by atoms with Crippen LogP contribution in [0.5, 0.6) is 5.75 Å². The van der Waals surface area contributed by atoms with Gasteiger partial charge in [-0.2, -0.15) is 10.1 Å². The first kappa shape index (κ1) is 24.5. The SMILES string of the molecule is COc1ccc(/C=N/N(C(=O)c2ccc(S(=O)(=O)N(C)C)cc2)c2nc3ccc(C)cc3s2)cc1. The zero-order valence-corrected chi connectivity index (χ0v) is 21.3. The Morgan fingerprint density at radius 1 is 1.03 bits per heavy atom. The highest BCUT2D eigenvalue weighted by Crippen LogP contribution is 2.31. The Hall–Kier alpha value is -3.60. The monoisotopic (exact) mass is 508 g/mol. The second-order valence-electron chi connectivity index (χ2n) is 7.91. The molecule has 0 bridgehead atoms. The number of rotatable bonds is 7. The van der Waals surface area contributed by atoms with Gasteiger partial charge in [-0.1, -0.05) is 17.4 Å². The van der Waals surface area contributed by atoms with Crippen LogP contribution in [0.3, 0.4) is 0 Å². The van der Waals surface area contributed by atoms with Gasteiger partial charge in [0.2, 0.25) is 15.2 Å². The van der Waals surface area contributed by atoms with Crippen molar-refractivity contribution in [1.82, 2.24) is 9.29 Å². The van der Waals surface area contributed by atoms with E-state index in [1.54, 1.807) is 25.5 Å². The van der Waals surface area contributed by atoms with Gasteiger partial charge in [0.1, 0.15) is 5.75 Å². The predicted molar refractivity (Wildman–Crippen MR) is 139 cm³/mol. The van der Waals surface area contributed by atoms with E-state index in [-0.39, 0.29) is 10.5 Å². The Labute approximate surface area is 208 Å². The Morgan fingerprint density at radius 2 is 1.71 bits per heavy atom. The highest BCUT2D eigenvalue weighted by molar-refractivity contribution is 7.89. The molecule has 35 heavy (non-hydrogen) atoms. The van der Waals surface area contributed by atoms with E-state index >= 15 is 0 Å². The molecule has 3 aromatic carbocycles. The number of benzene rings is 3. The van der Waals surface area contributed by atoms with E-state index in [0.29, 0.717) is 10.9 Å². The maximum Gasteiger partial charge on any atom is 0.280 e. The fourth-order valence-electron chi connectivity index (χ4n) is 3.22. The van der Waals surface area contributed by atoms with E-state index in [9.17, 15) is 13.2 Å². The number of aromatic nitrogens is 1. The molecular weight excluding hydrogens is 484 g/mol. The first-order chi connectivity index (χ1) is 16.7. The van der Waals surface area contributed by atoms with Gasteiger partial charge in [-0.05, 0) is 78.7 Å². The van der Waals surface area contributed by atoms with Crippen molar-refractivity contribution in [2.24, 2.45) is 5.10 Å². The number of amides is 1. The van der Waals surface area contributed by atoms with Gasteiger partial charge < -0.3 is 4.74 Å². The molecule has 0 saturated heterocycles. The molecule has 0 N–H and O–H groups in total. The number of ether oxygens (including phenoxy) is 1. The van der Waals surface area contributed by atoms with Crippen LogP contribution in [-0.2, 0) is 10.0 Å². The topological polar surface area (TPSA) is 92.2 Å².